The second kappa shape index (κ2) is 10.2. The molecule has 0 aromatic heterocycles. The summed E-state index contributed by atoms with van der Waals surface area (Å²) in [6, 6.07) is 15.3. The zero-order chi connectivity index (χ0) is 17.2. The van der Waals surface area contributed by atoms with Crippen LogP contribution in [0.3, 0.4) is 0 Å². The van der Waals surface area contributed by atoms with Crippen molar-refractivity contribution in [2.45, 2.75) is 31.9 Å². The fourth-order valence-corrected chi connectivity index (χ4v) is 2.82. The average molecular weight is 394 g/mol. The van der Waals surface area contributed by atoms with E-state index in [4.69, 9.17) is 0 Å². The largest absolute Gasteiger partial charge is 0.463 e. The second-order valence-corrected chi connectivity index (χ2v) is 6.42. The predicted octanol–water partition coefficient (Wildman–Crippen LogP) is 4.76. The molecule has 1 N–H and O–H groups in total. The normalized spacial score (nSPS) is 16.7. The van der Waals surface area contributed by atoms with E-state index >= 15 is 0 Å². The molecule has 128 valence electrons. The van der Waals surface area contributed by atoms with Crippen molar-refractivity contribution in [3.8, 4) is 0 Å². The lowest BCUT2D eigenvalue weighted by atomic mass is 9.98. The number of carbonyl (C=O) groups excluding carboxylic acids is 1. The first-order valence-electron chi connectivity index (χ1n) is 7.98. The minimum Gasteiger partial charge on any atom is -0.463 e. The van der Waals surface area contributed by atoms with Crippen LogP contribution in [0, 0.1) is 5.82 Å². The van der Waals surface area contributed by atoms with Gasteiger partial charge in [0.2, 0.25) is 0 Å². The Hall–Kier alpha value is -1.72. The minimum atomic E-state index is -0.171. The van der Waals surface area contributed by atoms with Crippen LogP contribution in [0.15, 0.2) is 53.0 Å². The smallest absolute Gasteiger partial charge is 0.293 e. The Morgan fingerprint density at radius 2 is 2.00 bits per heavy atom. The van der Waals surface area contributed by atoms with Crippen LogP contribution in [0.2, 0.25) is 0 Å². The van der Waals surface area contributed by atoms with Crippen LogP contribution in [-0.2, 0) is 16.1 Å². The first kappa shape index (κ1) is 18.6. The van der Waals surface area contributed by atoms with Gasteiger partial charge in [0.15, 0.2) is 0 Å². The van der Waals surface area contributed by atoms with Gasteiger partial charge in [-0.3, -0.25) is 4.79 Å². The number of hydrogen-bond acceptors (Lipinski definition) is 3. The number of hydrogen-bond donors (Lipinski definition) is 1. The molecular formula is C19H21BrFNO2. The van der Waals surface area contributed by atoms with Crippen molar-refractivity contribution in [2.24, 2.45) is 0 Å². The molecule has 0 amide bonds. The molecule has 2 aromatic rings. The summed E-state index contributed by atoms with van der Waals surface area (Å²) in [6.45, 7) is 1.86. The van der Waals surface area contributed by atoms with Gasteiger partial charge in [0.1, 0.15) is 12.4 Å². The van der Waals surface area contributed by atoms with Crippen molar-refractivity contribution in [3.05, 3.63) is 69.9 Å². The third-order valence-electron chi connectivity index (χ3n) is 3.82. The number of piperidine rings is 1. The fraction of sp³-hybridized carbons (Fsp3) is 0.316. The van der Waals surface area contributed by atoms with Crippen molar-refractivity contribution < 1.29 is 13.9 Å². The Morgan fingerprint density at radius 1 is 1.21 bits per heavy atom. The van der Waals surface area contributed by atoms with Gasteiger partial charge in [0.05, 0.1) is 4.47 Å². The van der Waals surface area contributed by atoms with E-state index in [0.29, 0.717) is 23.6 Å². The minimum absolute atomic E-state index is 0.171. The molecule has 3 rings (SSSR count). The zero-order valence-electron chi connectivity index (χ0n) is 13.4. The molecule has 0 radical (unpaired) electrons. The number of carbonyl (C=O) groups is 1. The van der Waals surface area contributed by atoms with E-state index in [1.807, 2.05) is 36.4 Å². The van der Waals surface area contributed by atoms with Gasteiger partial charge < -0.3 is 10.1 Å². The van der Waals surface area contributed by atoms with E-state index < -0.39 is 0 Å². The molecule has 24 heavy (non-hydrogen) atoms. The van der Waals surface area contributed by atoms with Crippen LogP contribution in [0.1, 0.15) is 36.4 Å². The van der Waals surface area contributed by atoms with Crippen molar-refractivity contribution in [2.75, 3.05) is 6.54 Å². The number of nitrogens with one attached hydrogen (secondary N) is 1. The molecule has 1 aliphatic rings. The molecule has 0 saturated carbocycles. The molecule has 1 fully saturated rings. The van der Waals surface area contributed by atoms with Crippen molar-refractivity contribution in [1.29, 1.82) is 0 Å². The summed E-state index contributed by atoms with van der Waals surface area (Å²) >= 11 is 3.16. The maximum Gasteiger partial charge on any atom is 0.293 e. The van der Waals surface area contributed by atoms with Gasteiger partial charge in [-0.1, -0.05) is 42.8 Å². The Labute approximate surface area is 150 Å². The van der Waals surface area contributed by atoms with Crippen LogP contribution in [-0.4, -0.2) is 13.0 Å². The highest BCUT2D eigenvalue weighted by Crippen LogP contribution is 2.25. The quantitative estimate of drug-likeness (QED) is 0.760. The Bertz CT molecular complexity index is 631. The standard InChI is InChI=1S/C11H13BrFN.C8H8O2/c12-9-5-4-8(7-10(9)13)11-3-1-2-6-14-11;9-7-10-6-8-4-2-1-3-5-8/h4-5,7,11,14H,1-3,6H2;1-5,7H,6H2/t11-;/m0./s1. The first-order valence-corrected chi connectivity index (χ1v) is 8.77. The molecule has 0 aliphatic carbocycles. The lowest BCUT2D eigenvalue weighted by Crippen LogP contribution is -2.26. The number of rotatable bonds is 4. The highest BCUT2D eigenvalue weighted by atomic mass is 79.9. The molecule has 1 heterocycles. The SMILES string of the molecule is Fc1cc([C@@H]2CCCCN2)ccc1Br.O=COCc1ccccc1. The molecule has 0 unspecified atom stereocenters. The summed E-state index contributed by atoms with van der Waals surface area (Å²) in [6.07, 6.45) is 3.58. The molecule has 1 saturated heterocycles. The molecule has 1 aliphatic heterocycles. The zero-order valence-corrected chi connectivity index (χ0v) is 15.0. The number of benzene rings is 2. The van der Waals surface area contributed by atoms with E-state index in [9.17, 15) is 9.18 Å². The number of halogens is 2. The monoisotopic (exact) mass is 393 g/mol. The number of ether oxygens (including phenoxy) is 1. The molecule has 1 atom stereocenters. The van der Waals surface area contributed by atoms with Crippen molar-refractivity contribution in [1.82, 2.24) is 5.32 Å². The van der Waals surface area contributed by atoms with E-state index in [2.05, 4.69) is 26.0 Å². The summed E-state index contributed by atoms with van der Waals surface area (Å²) in [7, 11) is 0. The summed E-state index contributed by atoms with van der Waals surface area (Å²) in [4.78, 5) is 9.76. The van der Waals surface area contributed by atoms with Crippen LogP contribution in [0.25, 0.3) is 0 Å². The molecule has 2 aromatic carbocycles. The first-order chi connectivity index (χ1) is 11.7. The van der Waals surface area contributed by atoms with E-state index in [1.165, 1.54) is 12.8 Å². The van der Waals surface area contributed by atoms with Gasteiger partial charge in [0.25, 0.3) is 6.47 Å². The fourth-order valence-electron chi connectivity index (χ4n) is 2.57. The van der Waals surface area contributed by atoms with Gasteiger partial charge in [-0.15, -0.1) is 0 Å². The maximum atomic E-state index is 13.3. The third kappa shape index (κ3) is 6.06. The lowest BCUT2D eigenvalue weighted by molar-refractivity contribution is -0.129. The van der Waals surface area contributed by atoms with Crippen LogP contribution >= 0.6 is 15.9 Å². The van der Waals surface area contributed by atoms with Crippen LogP contribution < -0.4 is 5.32 Å². The topological polar surface area (TPSA) is 38.3 Å². The maximum absolute atomic E-state index is 13.3. The van der Waals surface area contributed by atoms with Crippen LogP contribution in [0.5, 0.6) is 0 Å². The third-order valence-corrected chi connectivity index (χ3v) is 4.46. The lowest BCUT2D eigenvalue weighted by Gasteiger charge is -2.23. The van der Waals surface area contributed by atoms with Crippen molar-refractivity contribution in [3.63, 3.8) is 0 Å². The van der Waals surface area contributed by atoms with Gasteiger partial charge in [-0.2, -0.15) is 0 Å². The highest BCUT2D eigenvalue weighted by molar-refractivity contribution is 9.10. The van der Waals surface area contributed by atoms with Gasteiger partial charge in [-0.05, 0) is 58.6 Å². The average Bonchev–Trinajstić information content (AvgIpc) is 2.64. The Balaban J connectivity index is 0.000000185. The van der Waals surface area contributed by atoms with E-state index in [0.717, 1.165) is 24.1 Å². The second-order valence-electron chi connectivity index (χ2n) is 5.57. The van der Waals surface area contributed by atoms with Gasteiger partial charge in [0, 0.05) is 6.04 Å². The molecule has 0 bridgehead atoms. The highest BCUT2D eigenvalue weighted by Gasteiger charge is 2.15. The summed E-state index contributed by atoms with van der Waals surface area (Å²) < 4.78 is 18.3. The predicted molar refractivity (Wildman–Crippen MR) is 96.0 cm³/mol. The van der Waals surface area contributed by atoms with E-state index in [-0.39, 0.29) is 5.82 Å². The van der Waals surface area contributed by atoms with Crippen molar-refractivity contribution >= 4 is 22.4 Å². The molecule has 0 spiro atoms. The van der Waals surface area contributed by atoms with Gasteiger partial charge >= 0.3 is 0 Å². The Morgan fingerprint density at radius 3 is 2.62 bits per heavy atom. The Kier molecular flexibility index (Phi) is 7.92. The molecule has 3 nitrogen and oxygen atoms in total. The summed E-state index contributed by atoms with van der Waals surface area (Å²) in [5.41, 5.74) is 2.07. The molecule has 5 heteroatoms. The summed E-state index contributed by atoms with van der Waals surface area (Å²) in [5.74, 6) is -0.171. The van der Waals surface area contributed by atoms with E-state index in [1.54, 1.807) is 12.1 Å². The van der Waals surface area contributed by atoms with Crippen LogP contribution in [0.4, 0.5) is 4.39 Å². The van der Waals surface area contributed by atoms with Gasteiger partial charge in [-0.25, -0.2) is 4.39 Å². The summed E-state index contributed by atoms with van der Waals surface area (Å²) in [5, 5.41) is 3.40. The molecular weight excluding hydrogens is 373 g/mol.